The molecular formula is C17H22N2O4S2. The molecule has 3 rings (SSSR count). The van der Waals surface area contributed by atoms with Crippen molar-refractivity contribution in [3.8, 4) is 11.5 Å². The number of nitrogens with zero attached hydrogens (tertiary/aromatic N) is 1. The van der Waals surface area contributed by atoms with E-state index in [0.717, 1.165) is 36.4 Å². The van der Waals surface area contributed by atoms with Gasteiger partial charge in [-0.15, -0.1) is 11.3 Å². The van der Waals surface area contributed by atoms with Crippen molar-refractivity contribution in [3.63, 3.8) is 0 Å². The molecule has 0 amide bonds. The normalized spacial score (nSPS) is 16.8. The summed E-state index contributed by atoms with van der Waals surface area (Å²) in [5.41, 5.74) is 0.293. The molecule has 25 heavy (non-hydrogen) atoms. The van der Waals surface area contributed by atoms with Crippen LogP contribution >= 0.6 is 11.3 Å². The smallest absolute Gasteiger partial charge is 0.241 e. The topological polar surface area (TPSA) is 77.5 Å². The molecule has 1 aromatic carbocycles. The van der Waals surface area contributed by atoms with Crippen LogP contribution in [0.15, 0.2) is 28.5 Å². The second-order valence-electron chi connectivity index (χ2n) is 6.21. The van der Waals surface area contributed by atoms with Gasteiger partial charge >= 0.3 is 0 Å². The van der Waals surface area contributed by atoms with E-state index >= 15 is 0 Å². The Morgan fingerprint density at radius 2 is 1.84 bits per heavy atom. The Labute approximate surface area is 152 Å². The molecule has 1 aliphatic carbocycles. The van der Waals surface area contributed by atoms with Gasteiger partial charge in [-0.05, 0) is 31.9 Å². The van der Waals surface area contributed by atoms with Crippen LogP contribution in [-0.2, 0) is 15.6 Å². The fourth-order valence-electron chi connectivity index (χ4n) is 3.21. The molecule has 1 saturated carbocycles. The predicted molar refractivity (Wildman–Crippen MR) is 96.9 cm³/mol. The van der Waals surface area contributed by atoms with Crippen LogP contribution < -0.4 is 14.2 Å². The van der Waals surface area contributed by atoms with E-state index in [1.165, 1.54) is 37.7 Å². The van der Waals surface area contributed by atoms with Gasteiger partial charge in [0.25, 0.3) is 0 Å². The Balaban J connectivity index is 1.97. The zero-order valence-corrected chi connectivity index (χ0v) is 16.2. The molecule has 1 aromatic heterocycles. The first kappa shape index (κ1) is 18.2. The second-order valence-corrected chi connectivity index (χ2v) is 8.75. The fraction of sp³-hybridized carbons (Fsp3) is 0.471. The Bertz CT molecular complexity index is 855. The van der Waals surface area contributed by atoms with Crippen molar-refractivity contribution in [2.24, 2.45) is 0 Å². The summed E-state index contributed by atoms with van der Waals surface area (Å²) in [5.74, 6) is 0.878. The van der Waals surface area contributed by atoms with Gasteiger partial charge in [-0.25, -0.2) is 13.4 Å². The highest BCUT2D eigenvalue weighted by molar-refractivity contribution is 7.89. The largest absolute Gasteiger partial charge is 0.493 e. The van der Waals surface area contributed by atoms with Crippen LogP contribution in [0.3, 0.4) is 0 Å². The summed E-state index contributed by atoms with van der Waals surface area (Å²) < 4.78 is 39.4. The summed E-state index contributed by atoms with van der Waals surface area (Å²) >= 11 is 1.51. The van der Waals surface area contributed by atoms with Gasteiger partial charge in [-0.2, -0.15) is 4.72 Å². The first-order chi connectivity index (χ1) is 11.9. The number of rotatable bonds is 6. The highest BCUT2D eigenvalue weighted by atomic mass is 32.2. The lowest BCUT2D eigenvalue weighted by molar-refractivity contribution is 0.353. The number of sulfonamides is 1. The number of ether oxygens (including phenoxy) is 2. The molecule has 8 heteroatoms. The predicted octanol–water partition coefficient (Wildman–Crippen LogP) is 3.22. The van der Waals surface area contributed by atoms with Crippen LogP contribution in [0.1, 0.15) is 36.4 Å². The highest BCUT2D eigenvalue weighted by Crippen LogP contribution is 2.41. The lowest BCUT2D eigenvalue weighted by atomic mass is 10.0. The van der Waals surface area contributed by atoms with E-state index in [1.54, 1.807) is 6.07 Å². The zero-order valence-electron chi connectivity index (χ0n) is 14.5. The van der Waals surface area contributed by atoms with Gasteiger partial charge in [0.2, 0.25) is 10.0 Å². The van der Waals surface area contributed by atoms with Gasteiger partial charge in [0.05, 0.1) is 24.7 Å². The highest BCUT2D eigenvalue weighted by Gasteiger charge is 2.42. The quantitative estimate of drug-likeness (QED) is 0.830. The van der Waals surface area contributed by atoms with Crippen molar-refractivity contribution in [3.05, 3.63) is 34.3 Å². The van der Waals surface area contributed by atoms with E-state index in [1.807, 2.05) is 12.3 Å². The number of hydrogen-bond donors (Lipinski definition) is 1. The molecule has 1 N–H and O–H groups in total. The molecule has 2 aromatic rings. The summed E-state index contributed by atoms with van der Waals surface area (Å²) in [4.78, 5) is 4.71. The van der Waals surface area contributed by atoms with Gasteiger partial charge in [-0.1, -0.05) is 12.8 Å². The Hall–Kier alpha value is -1.64. The Morgan fingerprint density at radius 3 is 2.40 bits per heavy atom. The van der Waals surface area contributed by atoms with E-state index in [2.05, 4.69) is 9.71 Å². The van der Waals surface area contributed by atoms with Crippen LogP contribution in [0.2, 0.25) is 0 Å². The standard InChI is InChI=1S/C17H22N2O4S2/c1-12-11-24-16(18-12)17(8-4-5-9-17)19-25(20,21)13-6-7-14(22-2)15(10-13)23-3/h6-7,10-11,19H,4-5,8-9H2,1-3H3. The summed E-state index contributed by atoms with van der Waals surface area (Å²) in [7, 11) is -0.716. The fourth-order valence-corrected chi connectivity index (χ4v) is 5.73. The summed E-state index contributed by atoms with van der Waals surface area (Å²) in [5, 5.41) is 2.80. The molecule has 0 saturated heterocycles. The average Bonchev–Trinajstić information content (AvgIpc) is 3.23. The van der Waals surface area contributed by atoms with E-state index in [-0.39, 0.29) is 4.90 Å². The molecule has 1 heterocycles. The van der Waals surface area contributed by atoms with Gasteiger partial charge < -0.3 is 9.47 Å². The van der Waals surface area contributed by atoms with E-state index in [4.69, 9.17) is 9.47 Å². The second kappa shape index (κ2) is 6.93. The summed E-state index contributed by atoms with van der Waals surface area (Å²) in [6, 6.07) is 4.61. The van der Waals surface area contributed by atoms with Crippen LogP contribution in [0, 0.1) is 6.92 Å². The molecule has 1 fully saturated rings. The van der Waals surface area contributed by atoms with Crippen molar-refractivity contribution >= 4 is 21.4 Å². The molecule has 0 unspecified atom stereocenters. The third-order valence-electron chi connectivity index (χ3n) is 4.48. The van der Waals surface area contributed by atoms with Crippen molar-refractivity contribution in [2.75, 3.05) is 14.2 Å². The number of benzene rings is 1. The van der Waals surface area contributed by atoms with Gasteiger partial charge in [0.1, 0.15) is 5.01 Å². The first-order valence-corrected chi connectivity index (χ1v) is 10.4. The lowest BCUT2D eigenvalue weighted by Gasteiger charge is -2.28. The van der Waals surface area contributed by atoms with Crippen LogP contribution in [-0.4, -0.2) is 27.6 Å². The maximum absolute atomic E-state index is 13.0. The van der Waals surface area contributed by atoms with Crippen LogP contribution in [0.4, 0.5) is 0 Å². The summed E-state index contributed by atoms with van der Waals surface area (Å²) in [6.07, 6.45) is 3.47. The van der Waals surface area contributed by atoms with Crippen molar-refractivity contribution in [2.45, 2.75) is 43.0 Å². The molecule has 6 nitrogen and oxygen atoms in total. The van der Waals surface area contributed by atoms with Gasteiger partial charge in [-0.3, -0.25) is 0 Å². The molecular weight excluding hydrogens is 360 g/mol. The third-order valence-corrected chi connectivity index (χ3v) is 7.18. The van der Waals surface area contributed by atoms with Crippen molar-refractivity contribution in [1.82, 2.24) is 9.71 Å². The van der Waals surface area contributed by atoms with Crippen LogP contribution in [0.25, 0.3) is 0 Å². The SMILES string of the molecule is COc1ccc(S(=O)(=O)NC2(c3nc(C)cs3)CCCC2)cc1OC. The van der Waals surface area contributed by atoms with E-state index in [0.29, 0.717) is 11.5 Å². The lowest BCUT2D eigenvalue weighted by Crippen LogP contribution is -2.43. The molecule has 0 spiro atoms. The minimum atomic E-state index is -3.72. The van der Waals surface area contributed by atoms with Crippen LogP contribution in [0.5, 0.6) is 11.5 Å². The summed E-state index contributed by atoms with van der Waals surface area (Å²) in [6.45, 7) is 1.92. The van der Waals surface area contributed by atoms with Gasteiger partial charge in [0.15, 0.2) is 11.5 Å². The molecule has 0 bridgehead atoms. The third kappa shape index (κ3) is 3.51. The molecule has 0 aliphatic heterocycles. The van der Waals surface area contributed by atoms with Crippen molar-refractivity contribution < 1.29 is 17.9 Å². The van der Waals surface area contributed by atoms with E-state index in [9.17, 15) is 8.42 Å². The molecule has 1 aliphatic rings. The number of methoxy groups -OCH3 is 2. The average molecular weight is 383 g/mol. The maximum atomic E-state index is 13.0. The number of nitrogens with one attached hydrogen (secondary N) is 1. The number of hydrogen-bond acceptors (Lipinski definition) is 6. The Morgan fingerprint density at radius 1 is 1.16 bits per heavy atom. The van der Waals surface area contributed by atoms with E-state index < -0.39 is 15.6 Å². The first-order valence-electron chi connectivity index (χ1n) is 8.09. The number of aryl methyl sites for hydroxylation is 1. The molecule has 0 radical (unpaired) electrons. The minimum absolute atomic E-state index is 0.157. The monoisotopic (exact) mass is 382 g/mol. The number of aromatic nitrogens is 1. The molecule has 136 valence electrons. The zero-order chi connectivity index (χ0) is 18.1. The van der Waals surface area contributed by atoms with Gasteiger partial charge in [0, 0.05) is 17.1 Å². The number of thiazole rings is 1. The Kier molecular flexibility index (Phi) is 5.04. The minimum Gasteiger partial charge on any atom is -0.493 e. The van der Waals surface area contributed by atoms with Crippen molar-refractivity contribution in [1.29, 1.82) is 0 Å². The molecule has 0 atom stereocenters. The maximum Gasteiger partial charge on any atom is 0.241 e.